The molecule has 0 bridgehead atoms. The van der Waals surface area contributed by atoms with Gasteiger partial charge in [0.1, 0.15) is 6.10 Å². The molecular weight excluding hydrogens is 320 g/mol. The van der Waals surface area contributed by atoms with Gasteiger partial charge in [0.15, 0.2) is 5.82 Å². The number of nitrogens with one attached hydrogen (secondary N) is 1. The van der Waals surface area contributed by atoms with Crippen molar-refractivity contribution in [1.29, 1.82) is 0 Å². The lowest BCUT2D eigenvalue weighted by atomic mass is 10.2. The Morgan fingerprint density at radius 1 is 1.36 bits per heavy atom. The van der Waals surface area contributed by atoms with E-state index in [1.54, 1.807) is 0 Å². The van der Waals surface area contributed by atoms with Crippen LogP contribution in [0, 0.1) is 0 Å². The number of carbonyl (C=O) groups excluding carboxylic acids is 1. The van der Waals surface area contributed by atoms with E-state index in [1.807, 2.05) is 30.3 Å². The van der Waals surface area contributed by atoms with Gasteiger partial charge in [-0.1, -0.05) is 35.5 Å². The van der Waals surface area contributed by atoms with Crippen LogP contribution in [0.25, 0.3) is 0 Å². The molecule has 1 saturated heterocycles. The van der Waals surface area contributed by atoms with Gasteiger partial charge < -0.3 is 14.6 Å². The van der Waals surface area contributed by atoms with Gasteiger partial charge in [-0.15, -0.1) is 0 Å². The first-order valence-electron chi connectivity index (χ1n) is 8.60. The van der Waals surface area contributed by atoms with Gasteiger partial charge in [0.25, 0.3) is 5.89 Å². The van der Waals surface area contributed by atoms with Crippen LogP contribution in [-0.4, -0.2) is 46.7 Å². The SMILES string of the molecule is CC(C)N1CCOC(c2nc(CC(=O)NCc3ccccc3)no2)C1. The zero-order valence-electron chi connectivity index (χ0n) is 14.6. The molecule has 1 N–H and O–H groups in total. The number of rotatable bonds is 6. The van der Waals surface area contributed by atoms with Gasteiger partial charge in [-0.05, 0) is 19.4 Å². The van der Waals surface area contributed by atoms with Gasteiger partial charge in [0.2, 0.25) is 5.91 Å². The van der Waals surface area contributed by atoms with E-state index in [0.717, 1.165) is 18.7 Å². The second-order valence-electron chi connectivity index (χ2n) is 6.44. The third-order valence-electron chi connectivity index (χ3n) is 4.24. The van der Waals surface area contributed by atoms with E-state index < -0.39 is 0 Å². The predicted octanol–water partition coefficient (Wildman–Crippen LogP) is 1.71. The first-order chi connectivity index (χ1) is 12.1. The molecule has 0 aliphatic carbocycles. The van der Waals surface area contributed by atoms with Crippen molar-refractivity contribution in [3.63, 3.8) is 0 Å². The molecule has 1 aromatic carbocycles. The minimum absolute atomic E-state index is 0.0942. The van der Waals surface area contributed by atoms with Gasteiger partial charge in [0, 0.05) is 25.7 Å². The fraction of sp³-hybridized carbons (Fsp3) is 0.500. The average Bonchev–Trinajstić information content (AvgIpc) is 3.09. The summed E-state index contributed by atoms with van der Waals surface area (Å²) in [5, 5.41) is 6.77. The van der Waals surface area contributed by atoms with E-state index in [0.29, 0.717) is 30.9 Å². The maximum Gasteiger partial charge on any atom is 0.257 e. The molecule has 2 heterocycles. The average molecular weight is 344 g/mol. The third kappa shape index (κ3) is 4.87. The Kier molecular flexibility index (Phi) is 5.78. The molecule has 1 aliphatic rings. The Balaban J connectivity index is 1.52. The number of hydrogen-bond acceptors (Lipinski definition) is 6. The second-order valence-corrected chi connectivity index (χ2v) is 6.44. The van der Waals surface area contributed by atoms with Crippen molar-refractivity contribution < 1.29 is 14.1 Å². The van der Waals surface area contributed by atoms with Gasteiger partial charge in [-0.2, -0.15) is 4.98 Å². The molecule has 0 saturated carbocycles. The van der Waals surface area contributed by atoms with Crippen molar-refractivity contribution in [2.75, 3.05) is 19.7 Å². The van der Waals surface area contributed by atoms with E-state index in [-0.39, 0.29) is 18.4 Å². The lowest BCUT2D eigenvalue weighted by Crippen LogP contribution is -2.42. The molecule has 7 nitrogen and oxygen atoms in total. The van der Waals surface area contributed by atoms with Crippen LogP contribution < -0.4 is 5.32 Å². The number of hydrogen-bond donors (Lipinski definition) is 1. The summed E-state index contributed by atoms with van der Waals surface area (Å²) in [6.07, 6.45) is -0.137. The number of carbonyl (C=O) groups is 1. The van der Waals surface area contributed by atoms with Crippen molar-refractivity contribution in [3.8, 4) is 0 Å². The van der Waals surface area contributed by atoms with Gasteiger partial charge in [-0.25, -0.2) is 0 Å². The Hall–Kier alpha value is -2.25. The minimum atomic E-state index is -0.232. The standard InChI is InChI=1S/C18H24N4O3/c1-13(2)22-8-9-24-15(12-22)18-20-16(21-25-18)10-17(23)19-11-14-6-4-3-5-7-14/h3-7,13,15H,8-12H2,1-2H3,(H,19,23). The number of nitrogens with zero attached hydrogens (tertiary/aromatic N) is 3. The third-order valence-corrected chi connectivity index (χ3v) is 4.24. The number of benzene rings is 1. The van der Waals surface area contributed by atoms with Crippen LogP contribution in [0.5, 0.6) is 0 Å². The second kappa shape index (κ2) is 8.22. The molecule has 1 aliphatic heterocycles. The summed E-state index contributed by atoms with van der Waals surface area (Å²) in [4.78, 5) is 18.7. The molecule has 0 spiro atoms. The first kappa shape index (κ1) is 17.6. The molecular formula is C18H24N4O3. The number of morpholine rings is 1. The summed E-state index contributed by atoms with van der Waals surface area (Å²) in [5.41, 5.74) is 1.05. The molecule has 1 amide bonds. The largest absolute Gasteiger partial charge is 0.366 e. The number of ether oxygens (including phenoxy) is 1. The maximum absolute atomic E-state index is 12.0. The lowest BCUT2D eigenvalue weighted by Gasteiger charge is -2.33. The van der Waals surface area contributed by atoms with Crippen LogP contribution in [0.2, 0.25) is 0 Å². The van der Waals surface area contributed by atoms with Crippen LogP contribution in [0.15, 0.2) is 34.9 Å². The summed E-state index contributed by atoms with van der Waals surface area (Å²) in [7, 11) is 0. The summed E-state index contributed by atoms with van der Waals surface area (Å²) in [6.45, 7) is 7.05. The van der Waals surface area contributed by atoms with E-state index in [1.165, 1.54) is 0 Å². The first-order valence-corrected chi connectivity index (χ1v) is 8.60. The van der Waals surface area contributed by atoms with E-state index in [2.05, 4.69) is 34.2 Å². The normalized spacial score (nSPS) is 18.4. The summed E-state index contributed by atoms with van der Waals surface area (Å²) >= 11 is 0. The highest BCUT2D eigenvalue weighted by Crippen LogP contribution is 2.22. The Morgan fingerprint density at radius 3 is 2.92 bits per heavy atom. The van der Waals surface area contributed by atoms with Gasteiger partial charge in [-0.3, -0.25) is 9.69 Å². The molecule has 3 rings (SSSR count). The Labute approximate surface area is 147 Å². The Bertz CT molecular complexity index is 687. The molecule has 1 unspecified atom stereocenters. The van der Waals surface area contributed by atoms with Crippen molar-refractivity contribution in [3.05, 3.63) is 47.6 Å². The zero-order valence-corrected chi connectivity index (χ0v) is 14.6. The minimum Gasteiger partial charge on any atom is -0.366 e. The summed E-state index contributed by atoms with van der Waals surface area (Å²) < 4.78 is 11.0. The fourth-order valence-electron chi connectivity index (χ4n) is 2.76. The van der Waals surface area contributed by atoms with Crippen LogP contribution in [0.1, 0.15) is 37.2 Å². The van der Waals surface area contributed by atoms with Crippen LogP contribution in [0.3, 0.4) is 0 Å². The van der Waals surface area contributed by atoms with E-state index in [9.17, 15) is 4.79 Å². The quantitative estimate of drug-likeness (QED) is 0.859. The van der Waals surface area contributed by atoms with E-state index >= 15 is 0 Å². The highest BCUT2D eigenvalue weighted by molar-refractivity contribution is 5.77. The topological polar surface area (TPSA) is 80.5 Å². The molecule has 7 heteroatoms. The maximum atomic E-state index is 12.0. The van der Waals surface area contributed by atoms with Gasteiger partial charge >= 0.3 is 0 Å². The van der Waals surface area contributed by atoms with Crippen LogP contribution >= 0.6 is 0 Å². The Morgan fingerprint density at radius 2 is 2.16 bits per heavy atom. The molecule has 0 radical (unpaired) electrons. The molecule has 1 atom stereocenters. The lowest BCUT2D eigenvalue weighted by molar-refractivity contribution is -0.120. The summed E-state index contributed by atoms with van der Waals surface area (Å²) in [5.74, 6) is 0.687. The highest BCUT2D eigenvalue weighted by Gasteiger charge is 2.28. The van der Waals surface area contributed by atoms with Gasteiger partial charge in [0.05, 0.1) is 13.0 Å². The zero-order chi connectivity index (χ0) is 17.6. The van der Waals surface area contributed by atoms with Crippen LogP contribution in [-0.2, 0) is 22.5 Å². The van der Waals surface area contributed by atoms with Crippen LogP contribution in [0.4, 0.5) is 0 Å². The highest BCUT2D eigenvalue weighted by atomic mass is 16.5. The number of amides is 1. The molecule has 1 aromatic heterocycles. The molecule has 25 heavy (non-hydrogen) atoms. The predicted molar refractivity (Wildman–Crippen MR) is 91.7 cm³/mol. The van der Waals surface area contributed by atoms with Crippen molar-refractivity contribution in [2.45, 2.75) is 39.0 Å². The molecule has 134 valence electrons. The van der Waals surface area contributed by atoms with Crippen molar-refractivity contribution in [1.82, 2.24) is 20.4 Å². The van der Waals surface area contributed by atoms with E-state index in [4.69, 9.17) is 9.26 Å². The monoisotopic (exact) mass is 344 g/mol. The number of aromatic nitrogens is 2. The fourth-order valence-corrected chi connectivity index (χ4v) is 2.76. The summed E-state index contributed by atoms with van der Waals surface area (Å²) in [6, 6.07) is 10.2. The van der Waals surface area contributed by atoms with Crippen molar-refractivity contribution in [2.24, 2.45) is 0 Å². The van der Waals surface area contributed by atoms with Crippen molar-refractivity contribution >= 4 is 5.91 Å². The molecule has 1 fully saturated rings. The molecule has 2 aromatic rings. The smallest absolute Gasteiger partial charge is 0.257 e.